The molecular weight excluding hydrogens is 461 g/mol. The van der Waals surface area contributed by atoms with Crippen LogP contribution in [0.1, 0.15) is 44.7 Å². The lowest BCUT2D eigenvalue weighted by molar-refractivity contribution is -0.118. The first-order valence-corrected chi connectivity index (χ1v) is 12.1. The number of nitrogens with zero attached hydrogens (tertiary/aromatic N) is 1. The number of halogens is 1. The van der Waals surface area contributed by atoms with E-state index >= 15 is 0 Å². The summed E-state index contributed by atoms with van der Waals surface area (Å²) in [6.07, 6.45) is 4.74. The van der Waals surface area contributed by atoms with Gasteiger partial charge in [0.05, 0.1) is 4.43 Å². The highest BCUT2D eigenvalue weighted by atomic mass is 127. The fourth-order valence-corrected chi connectivity index (χ4v) is 4.09. The standard InChI is InChI=1S/C18H28IN5O3/c1-12-10-14(25)22-16(21-12)23-17(27)24-18(2)7-4-13(5-8-18)6-9-20-15(26)11-19-3/h10,13H,3-9,11H2,1-2H3,(H,20,26)(H3,21,22,23,24,25,27). The second-order valence-electron chi connectivity index (χ2n) is 7.28. The number of rotatable bonds is 7. The molecule has 1 saturated carbocycles. The number of hydrogen-bond donors (Lipinski definition) is 4. The quantitative estimate of drug-likeness (QED) is 0.347. The van der Waals surface area contributed by atoms with Crippen LogP contribution in [0.4, 0.5) is 10.7 Å². The molecule has 1 aliphatic carbocycles. The molecule has 8 nitrogen and oxygen atoms in total. The molecular formula is C18H28IN5O3. The lowest BCUT2D eigenvalue weighted by Crippen LogP contribution is -2.50. The van der Waals surface area contributed by atoms with Gasteiger partial charge >= 0.3 is 6.03 Å². The summed E-state index contributed by atoms with van der Waals surface area (Å²) in [5.74, 6) is 0.822. The van der Waals surface area contributed by atoms with Crippen molar-refractivity contribution in [3.05, 3.63) is 22.1 Å². The topological polar surface area (TPSA) is 116 Å². The van der Waals surface area contributed by atoms with E-state index in [2.05, 4.69) is 30.4 Å². The zero-order valence-electron chi connectivity index (χ0n) is 15.9. The van der Waals surface area contributed by atoms with Crippen LogP contribution in [-0.2, 0) is 4.79 Å². The molecule has 1 heterocycles. The Balaban J connectivity index is 1.76. The van der Waals surface area contributed by atoms with E-state index in [1.807, 2.05) is 6.92 Å². The van der Waals surface area contributed by atoms with Crippen LogP contribution < -0.4 is 21.5 Å². The maximum absolute atomic E-state index is 12.3. The molecule has 27 heavy (non-hydrogen) atoms. The number of aryl methyl sites for hydroxylation is 1. The number of nitrogens with one attached hydrogen (secondary N) is 4. The van der Waals surface area contributed by atoms with E-state index in [0.717, 1.165) is 32.1 Å². The summed E-state index contributed by atoms with van der Waals surface area (Å²) >= 11 is -0.243. The number of urea groups is 1. The number of carbonyl (C=O) groups excluding carboxylic acids is 2. The largest absolute Gasteiger partial charge is 0.355 e. The summed E-state index contributed by atoms with van der Waals surface area (Å²) in [6.45, 7) is 4.45. The fourth-order valence-electron chi connectivity index (χ4n) is 3.33. The highest BCUT2D eigenvalue weighted by Gasteiger charge is 2.32. The van der Waals surface area contributed by atoms with Gasteiger partial charge in [0.2, 0.25) is 11.9 Å². The molecule has 9 heteroatoms. The van der Waals surface area contributed by atoms with Gasteiger partial charge in [-0.3, -0.25) is 19.9 Å². The third kappa shape index (κ3) is 7.39. The van der Waals surface area contributed by atoms with Gasteiger partial charge in [-0.25, -0.2) is 9.78 Å². The Kier molecular flexibility index (Phi) is 7.93. The molecule has 3 amide bonds. The number of H-pyrrole nitrogens is 1. The van der Waals surface area contributed by atoms with Gasteiger partial charge in [-0.05, 0) is 51.9 Å². The first-order valence-electron chi connectivity index (χ1n) is 9.06. The second-order valence-corrected chi connectivity index (χ2v) is 9.12. The Morgan fingerprint density at radius 2 is 2.11 bits per heavy atom. The van der Waals surface area contributed by atoms with Crippen molar-refractivity contribution in [2.24, 2.45) is 5.92 Å². The van der Waals surface area contributed by atoms with Crippen molar-refractivity contribution in [2.45, 2.75) is 51.5 Å². The number of carbonyl (C=O) groups is 2. The Hall–Kier alpha value is -1.78. The summed E-state index contributed by atoms with van der Waals surface area (Å²) in [5.41, 5.74) is -0.0368. The van der Waals surface area contributed by atoms with Crippen molar-refractivity contribution in [2.75, 3.05) is 16.3 Å². The molecule has 2 rings (SSSR count). The molecule has 0 saturated heterocycles. The number of anilines is 1. The Labute approximate surface area is 169 Å². The van der Waals surface area contributed by atoms with Crippen LogP contribution in [-0.4, -0.2) is 42.9 Å². The van der Waals surface area contributed by atoms with Gasteiger partial charge in [0.1, 0.15) is 0 Å². The first-order chi connectivity index (χ1) is 12.8. The zero-order chi connectivity index (χ0) is 19.9. The molecule has 0 spiro atoms. The number of alkyl halides is 1. The van der Waals surface area contributed by atoms with Crippen LogP contribution in [0.15, 0.2) is 10.9 Å². The minimum absolute atomic E-state index is 0.111. The van der Waals surface area contributed by atoms with E-state index in [9.17, 15) is 14.4 Å². The number of aromatic amines is 1. The van der Waals surface area contributed by atoms with E-state index in [1.54, 1.807) is 6.92 Å². The smallest absolute Gasteiger partial charge is 0.321 e. The Bertz CT molecular complexity index is 741. The highest BCUT2D eigenvalue weighted by molar-refractivity contribution is 14.2. The fraction of sp³-hybridized carbons (Fsp3) is 0.611. The molecule has 0 bridgehead atoms. The van der Waals surface area contributed by atoms with Crippen molar-refractivity contribution >= 4 is 43.1 Å². The van der Waals surface area contributed by atoms with Crippen LogP contribution in [0.5, 0.6) is 0 Å². The molecule has 1 fully saturated rings. The predicted octanol–water partition coefficient (Wildman–Crippen LogP) is 2.06. The number of amides is 3. The van der Waals surface area contributed by atoms with Crippen molar-refractivity contribution in [3.8, 4) is 0 Å². The van der Waals surface area contributed by atoms with E-state index < -0.39 is 0 Å². The molecule has 1 aromatic rings. The zero-order valence-corrected chi connectivity index (χ0v) is 18.0. The SMILES string of the molecule is C=ICC(=O)NCCC1CCC(C)(NC(=O)Nc2nc(C)cc(=O)[nH]2)CC1. The van der Waals surface area contributed by atoms with Crippen molar-refractivity contribution < 1.29 is 9.59 Å². The van der Waals surface area contributed by atoms with Gasteiger partial charge in [0.15, 0.2) is 0 Å². The molecule has 150 valence electrons. The van der Waals surface area contributed by atoms with Gasteiger partial charge in [0.25, 0.3) is 5.56 Å². The molecule has 1 aromatic heterocycles. The average Bonchev–Trinajstić information content (AvgIpc) is 2.55. The normalized spacial score (nSPS) is 22.1. The van der Waals surface area contributed by atoms with Crippen LogP contribution in [0.3, 0.4) is 0 Å². The van der Waals surface area contributed by atoms with E-state index in [0.29, 0.717) is 22.6 Å². The minimum atomic E-state index is -0.367. The minimum Gasteiger partial charge on any atom is -0.355 e. The van der Waals surface area contributed by atoms with E-state index in [1.165, 1.54) is 6.07 Å². The molecule has 0 aliphatic heterocycles. The van der Waals surface area contributed by atoms with E-state index in [-0.39, 0.29) is 49.7 Å². The van der Waals surface area contributed by atoms with Crippen molar-refractivity contribution in [1.82, 2.24) is 20.6 Å². The molecule has 0 unspecified atom stereocenters. The molecule has 0 atom stereocenters. The van der Waals surface area contributed by atoms with Gasteiger partial charge in [0, 0.05) is 23.8 Å². The van der Waals surface area contributed by atoms with Crippen LogP contribution >= 0.6 is 20.7 Å². The summed E-state index contributed by atoms with van der Waals surface area (Å²) in [5, 5.41) is 8.56. The summed E-state index contributed by atoms with van der Waals surface area (Å²) in [4.78, 5) is 41.8. The third-order valence-corrected chi connectivity index (χ3v) is 6.05. The van der Waals surface area contributed by atoms with Gasteiger partial charge < -0.3 is 10.6 Å². The third-order valence-electron chi connectivity index (χ3n) is 4.82. The average molecular weight is 489 g/mol. The number of hydrogen-bond acceptors (Lipinski definition) is 4. The maximum Gasteiger partial charge on any atom is 0.321 e. The van der Waals surface area contributed by atoms with Crippen molar-refractivity contribution in [1.29, 1.82) is 0 Å². The highest BCUT2D eigenvalue weighted by Crippen LogP contribution is 2.33. The lowest BCUT2D eigenvalue weighted by Gasteiger charge is -2.38. The maximum atomic E-state index is 12.3. The second kappa shape index (κ2) is 9.95. The van der Waals surface area contributed by atoms with Gasteiger partial charge in [-0.2, -0.15) is 0 Å². The summed E-state index contributed by atoms with van der Waals surface area (Å²) in [6, 6.07) is 1.00. The first kappa shape index (κ1) is 21.5. The molecule has 1 aliphatic rings. The lowest BCUT2D eigenvalue weighted by atomic mass is 9.76. The van der Waals surface area contributed by atoms with Gasteiger partial charge in [-0.15, -0.1) is 20.7 Å². The van der Waals surface area contributed by atoms with E-state index in [4.69, 9.17) is 0 Å². The van der Waals surface area contributed by atoms with Crippen LogP contribution in [0.25, 0.3) is 0 Å². The molecule has 4 N–H and O–H groups in total. The Morgan fingerprint density at radius 1 is 1.41 bits per heavy atom. The molecule has 0 radical (unpaired) electrons. The number of aromatic nitrogens is 2. The predicted molar refractivity (Wildman–Crippen MR) is 116 cm³/mol. The molecule has 0 aromatic carbocycles. The monoisotopic (exact) mass is 489 g/mol. The van der Waals surface area contributed by atoms with Crippen LogP contribution in [0.2, 0.25) is 0 Å². The van der Waals surface area contributed by atoms with Crippen molar-refractivity contribution in [3.63, 3.8) is 0 Å². The summed E-state index contributed by atoms with van der Waals surface area (Å²) < 4.78 is 4.37. The summed E-state index contributed by atoms with van der Waals surface area (Å²) in [7, 11) is 0. The Morgan fingerprint density at radius 3 is 2.74 bits per heavy atom. The van der Waals surface area contributed by atoms with Crippen LogP contribution in [0, 0.1) is 12.8 Å². The van der Waals surface area contributed by atoms with Gasteiger partial charge in [-0.1, -0.05) is 4.51 Å².